The molecular weight excluding hydrogens is 238 g/mol. The second-order valence-corrected chi connectivity index (χ2v) is 6.23. The van der Waals surface area contributed by atoms with Crippen molar-refractivity contribution in [3.63, 3.8) is 0 Å². The van der Waals surface area contributed by atoms with Crippen molar-refractivity contribution in [3.8, 4) is 0 Å². The Morgan fingerprint density at radius 1 is 1.26 bits per heavy atom. The summed E-state index contributed by atoms with van der Waals surface area (Å²) in [5, 5.41) is 0. The van der Waals surface area contributed by atoms with Crippen molar-refractivity contribution in [2.75, 3.05) is 33.7 Å². The monoisotopic (exact) mass is 269 g/mol. The van der Waals surface area contributed by atoms with Crippen LogP contribution in [-0.4, -0.2) is 55.5 Å². The Bertz CT molecular complexity index is 281. The second-order valence-electron chi connectivity index (χ2n) is 6.23. The zero-order valence-corrected chi connectivity index (χ0v) is 13.1. The summed E-state index contributed by atoms with van der Waals surface area (Å²) in [7, 11) is 4.14. The zero-order chi connectivity index (χ0) is 14.4. The highest BCUT2D eigenvalue weighted by Crippen LogP contribution is 2.29. The summed E-state index contributed by atoms with van der Waals surface area (Å²) in [6, 6.07) is 0.285. The highest BCUT2D eigenvalue weighted by Gasteiger charge is 2.31. The molecular formula is C15H31N3O. The molecule has 1 rings (SSSR count). The molecule has 4 nitrogen and oxygen atoms in total. The Hall–Kier alpha value is -0.610. The van der Waals surface area contributed by atoms with Gasteiger partial charge in [-0.2, -0.15) is 0 Å². The highest BCUT2D eigenvalue weighted by atomic mass is 16.2. The number of rotatable bonds is 6. The van der Waals surface area contributed by atoms with E-state index < -0.39 is 0 Å². The minimum absolute atomic E-state index is 0.203. The molecule has 1 saturated carbocycles. The molecule has 0 saturated heterocycles. The summed E-state index contributed by atoms with van der Waals surface area (Å²) in [5.41, 5.74) is 6.03. The van der Waals surface area contributed by atoms with Crippen molar-refractivity contribution < 1.29 is 4.79 Å². The van der Waals surface area contributed by atoms with Crippen LogP contribution in [-0.2, 0) is 4.79 Å². The number of carbonyl (C=O) groups excluding carboxylic acids is 1. The Kier molecular flexibility index (Phi) is 6.80. The first kappa shape index (κ1) is 16.4. The molecule has 0 aromatic heterocycles. The lowest BCUT2D eigenvalue weighted by Gasteiger charge is -2.34. The van der Waals surface area contributed by atoms with Gasteiger partial charge in [0.2, 0.25) is 5.91 Å². The van der Waals surface area contributed by atoms with Crippen LogP contribution in [0.2, 0.25) is 0 Å². The molecule has 0 aromatic carbocycles. The van der Waals surface area contributed by atoms with Gasteiger partial charge in [-0.15, -0.1) is 0 Å². The van der Waals surface area contributed by atoms with Gasteiger partial charge in [-0.05, 0) is 59.2 Å². The molecule has 19 heavy (non-hydrogen) atoms. The van der Waals surface area contributed by atoms with Gasteiger partial charge in [-0.1, -0.05) is 6.92 Å². The normalized spacial score (nSPS) is 27.6. The van der Waals surface area contributed by atoms with Gasteiger partial charge in [-0.25, -0.2) is 0 Å². The lowest BCUT2D eigenvalue weighted by Crippen LogP contribution is -2.43. The van der Waals surface area contributed by atoms with Crippen LogP contribution in [0.5, 0.6) is 0 Å². The minimum Gasteiger partial charge on any atom is -0.343 e. The van der Waals surface area contributed by atoms with E-state index in [2.05, 4.69) is 32.8 Å². The van der Waals surface area contributed by atoms with Gasteiger partial charge in [0, 0.05) is 25.0 Å². The topological polar surface area (TPSA) is 49.6 Å². The molecule has 0 aromatic rings. The lowest BCUT2D eigenvalue weighted by atomic mass is 9.78. The maximum absolute atomic E-state index is 12.5. The van der Waals surface area contributed by atoms with Crippen LogP contribution in [0.1, 0.15) is 39.5 Å². The molecule has 112 valence electrons. The first-order chi connectivity index (χ1) is 8.95. The van der Waals surface area contributed by atoms with Crippen LogP contribution in [0.15, 0.2) is 0 Å². The first-order valence-corrected chi connectivity index (χ1v) is 7.64. The molecule has 3 atom stereocenters. The van der Waals surface area contributed by atoms with Crippen LogP contribution in [0.3, 0.4) is 0 Å². The van der Waals surface area contributed by atoms with Gasteiger partial charge in [0.05, 0.1) is 0 Å². The second kappa shape index (κ2) is 7.85. The zero-order valence-electron chi connectivity index (χ0n) is 13.1. The average Bonchev–Trinajstić information content (AvgIpc) is 2.37. The van der Waals surface area contributed by atoms with Crippen LogP contribution >= 0.6 is 0 Å². The van der Waals surface area contributed by atoms with Crippen LogP contribution in [0.25, 0.3) is 0 Å². The van der Waals surface area contributed by atoms with Crippen LogP contribution in [0, 0.1) is 11.8 Å². The third-order valence-corrected chi connectivity index (χ3v) is 4.31. The summed E-state index contributed by atoms with van der Waals surface area (Å²) in [5.74, 6) is 1.03. The molecule has 0 radical (unpaired) electrons. The number of carbonyl (C=O) groups is 1. The summed E-state index contributed by atoms with van der Waals surface area (Å²) < 4.78 is 0. The molecule has 0 spiro atoms. The quantitative estimate of drug-likeness (QED) is 0.796. The molecule has 1 aliphatic rings. The predicted octanol–water partition coefficient (Wildman–Crippen LogP) is 1.55. The van der Waals surface area contributed by atoms with E-state index in [0.29, 0.717) is 11.8 Å². The average molecular weight is 269 g/mol. The van der Waals surface area contributed by atoms with Crippen LogP contribution < -0.4 is 5.73 Å². The lowest BCUT2D eigenvalue weighted by molar-refractivity contribution is -0.137. The number of nitrogens with zero attached hydrogens (tertiary/aromatic N) is 2. The number of hydrogen-bond donors (Lipinski definition) is 1. The van der Waals surface area contributed by atoms with E-state index in [9.17, 15) is 4.79 Å². The Morgan fingerprint density at radius 2 is 1.95 bits per heavy atom. The summed E-state index contributed by atoms with van der Waals surface area (Å²) in [6.45, 7) is 6.99. The smallest absolute Gasteiger partial charge is 0.225 e. The van der Waals surface area contributed by atoms with Crippen molar-refractivity contribution in [1.29, 1.82) is 0 Å². The van der Waals surface area contributed by atoms with Crippen LogP contribution in [0.4, 0.5) is 0 Å². The maximum Gasteiger partial charge on any atom is 0.225 e. The molecule has 0 bridgehead atoms. The van der Waals surface area contributed by atoms with Gasteiger partial charge in [0.1, 0.15) is 0 Å². The van der Waals surface area contributed by atoms with Gasteiger partial charge >= 0.3 is 0 Å². The fourth-order valence-electron chi connectivity index (χ4n) is 2.90. The summed E-state index contributed by atoms with van der Waals surface area (Å²) in [6.07, 6.45) is 3.97. The van der Waals surface area contributed by atoms with Gasteiger partial charge in [0.25, 0.3) is 0 Å². The summed E-state index contributed by atoms with van der Waals surface area (Å²) in [4.78, 5) is 16.7. The van der Waals surface area contributed by atoms with E-state index in [1.54, 1.807) is 0 Å². The molecule has 0 heterocycles. The number of amides is 1. The minimum atomic E-state index is 0.203. The molecule has 1 aliphatic carbocycles. The van der Waals surface area contributed by atoms with E-state index in [0.717, 1.165) is 45.3 Å². The highest BCUT2D eigenvalue weighted by molar-refractivity contribution is 5.79. The van der Waals surface area contributed by atoms with Gasteiger partial charge in [-0.3, -0.25) is 4.79 Å². The Morgan fingerprint density at radius 3 is 2.47 bits per heavy atom. The third kappa shape index (κ3) is 5.11. The van der Waals surface area contributed by atoms with Crippen molar-refractivity contribution in [2.45, 2.75) is 45.6 Å². The standard InChI is InChI=1S/C15H31N3O/c1-5-18(10-6-9-17(3)4)15(19)13-7-8-14(16)12(2)11-13/h12-14H,5-11,16H2,1-4H3. The third-order valence-electron chi connectivity index (χ3n) is 4.31. The van der Waals surface area contributed by atoms with Crippen molar-refractivity contribution in [2.24, 2.45) is 17.6 Å². The summed E-state index contributed by atoms with van der Waals surface area (Å²) >= 11 is 0. The molecule has 0 aliphatic heterocycles. The van der Waals surface area contributed by atoms with Gasteiger partial charge < -0.3 is 15.5 Å². The van der Waals surface area contributed by atoms with Crippen molar-refractivity contribution in [3.05, 3.63) is 0 Å². The van der Waals surface area contributed by atoms with E-state index in [4.69, 9.17) is 5.73 Å². The van der Waals surface area contributed by atoms with E-state index in [-0.39, 0.29) is 12.0 Å². The largest absolute Gasteiger partial charge is 0.343 e. The SMILES string of the molecule is CCN(CCCN(C)C)C(=O)C1CCC(N)C(C)C1. The van der Waals surface area contributed by atoms with E-state index in [1.165, 1.54) is 0 Å². The van der Waals surface area contributed by atoms with Crippen molar-refractivity contribution >= 4 is 5.91 Å². The Labute approximate surface area is 118 Å². The van der Waals surface area contributed by atoms with Gasteiger partial charge in [0.15, 0.2) is 0 Å². The fraction of sp³-hybridized carbons (Fsp3) is 0.933. The fourth-order valence-corrected chi connectivity index (χ4v) is 2.90. The molecule has 2 N–H and O–H groups in total. The number of nitrogens with two attached hydrogens (primary N) is 1. The van der Waals surface area contributed by atoms with E-state index >= 15 is 0 Å². The van der Waals surface area contributed by atoms with Crippen molar-refractivity contribution in [1.82, 2.24) is 9.80 Å². The molecule has 1 fully saturated rings. The maximum atomic E-state index is 12.5. The molecule has 1 amide bonds. The Balaban J connectivity index is 2.44. The first-order valence-electron chi connectivity index (χ1n) is 7.64. The predicted molar refractivity (Wildman–Crippen MR) is 79.9 cm³/mol. The number of hydrogen-bond acceptors (Lipinski definition) is 3. The molecule has 3 unspecified atom stereocenters. The molecule has 4 heteroatoms. The van der Waals surface area contributed by atoms with E-state index in [1.807, 2.05) is 4.90 Å².